The highest BCUT2D eigenvalue weighted by Crippen LogP contribution is 2.51. The predicted molar refractivity (Wildman–Crippen MR) is 100 cm³/mol. The topological polar surface area (TPSA) is 84.9 Å². The first-order chi connectivity index (χ1) is 13.3. The van der Waals surface area contributed by atoms with Crippen LogP contribution < -0.4 is 14.8 Å². The van der Waals surface area contributed by atoms with Crippen molar-refractivity contribution in [3.8, 4) is 11.5 Å². The van der Waals surface area contributed by atoms with Crippen molar-refractivity contribution < 1.29 is 28.6 Å². The van der Waals surface area contributed by atoms with Crippen LogP contribution in [0, 0.1) is 18.7 Å². The number of amides is 1. The molecule has 1 aliphatic carbocycles. The first-order valence-corrected chi connectivity index (χ1v) is 8.86. The molecular formula is C21H22FNO5. The molecule has 1 saturated carbocycles. The highest BCUT2D eigenvalue weighted by atomic mass is 19.1. The Kier molecular flexibility index (Phi) is 5.53. The smallest absolute Gasteiger partial charge is 0.330 e. The summed E-state index contributed by atoms with van der Waals surface area (Å²) in [5, 5.41) is 12.1. The second-order valence-electron chi connectivity index (χ2n) is 6.85. The summed E-state index contributed by atoms with van der Waals surface area (Å²) in [4.78, 5) is 24.3. The number of benzene rings is 2. The van der Waals surface area contributed by atoms with E-state index < -0.39 is 17.8 Å². The summed E-state index contributed by atoms with van der Waals surface area (Å²) < 4.78 is 24.1. The molecule has 3 unspecified atom stereocenters. The van der Waals surface area contributed by atoms with Crippen molar-refractivity contribution in [2.45, 2.75) is 25.3 Å². The lowest BCUT2D eigenvalue weighted by Crippen LogP contribution is -2.35. The normalized spacial score (nSPS) is 18.9. The van der Waals surface area contributed by atoms with Crippen molar-refractivity contribution in [2.24, 2.45) is 5.92 Å². The second-order valence-corrected chi connectivity index (χ2v) is 6.85. The monoisotopic (exact) mass is 387 g/mol. The quantitative estimate of drug-likeness (QED) is 0.762. The van der Waals surface area contributed by atoms with Gasteiger partial charge in [0.05, 0.1) is 14.2 Å². The fraction of sp³-hybridized carbons (Fsp3) is 0.333. The fourth-order valence-electron chi connectivity index (χ4n) is 3.34. The Labute approximate surface area is 162 Å². The maximum atomic E-state index is 13.5. The van der Waals surface area contributed by atoms with E-state index in [2.05, 4.69) is 5.32 Å². The molecule has 1 amide bonds. The second kappa shape index (κ2) is 7.88. The average Bonchev–Trinajstić information content (AvgIpc) is 3.48. The summed E-state index contributed by atoms with van der Waals surface area (Å²) in [7, 11) is 3.12. The molecule has 0 spiro atoms. The molecule has 148 valence electrons. The van der Waals surface area contributed by atoms with Gasteiger partial charge in [-0.05, 0) is 48.7 Å². The number of carbonyl (C=O) groups is 2. The van der Waals surface area contributed by atoms with Crippen molar-refractivity contribution in [1.29, 1.82) is 0 Å². The summed E-state index contributed by atoms with van der Waals surface area (Å²) in [6, 6.07) is 8.16. The summed E-state index contributed by atoms with van der Waals surface area (Å²) in [5.41, 5.74) is 1.51. The zero-order valence-corrected chi connectivity index (χ0v) is 15.9. The summed E-state index contributed by atoms with van der Waals surface area (Å²) >= 11 is 0. The lowest BCUT2D eigenvalue weighted by molar-refractivity contribution is -0.142. The number of ether oxygens (including phenoxy) is 2. The molecule has 0 aliphatic heterocycles. The highest BCUT2D eigenvalue weighted by Gasteiger charge is 2.46. The Morgan fingerprint density at radius 3 is 2.54 bits per heavy atom. The number of methoxy groups -OCH3 is 2. The minimum atomic E-state index is -1.24. The van der Waals surface area contributed by atoms with Crippen LogP contribution in [0.15, 0.2) is 36.4 Å². The Morgan fingerprint density at radius 2 is 1.93 bits per heavy atom. The van der Waals surface area contributed by atoms with Crippen LogP contribution >= 0.6 is 0 Å². The molecule has 2 N–H and O–H groups in total. The first kappa shape index (κ1) is 19.7. The molecule has 7 heteroatoms. The maximum Gasteiger partial charge on any atom is 0.330 e. The number of carbonyl (C=O) groups excluding carboxylic acids is 1. The molecule has 0 bridgehead atoms. The predicted octanol–water partition coefficient (Wildman–Crippen LogP) is 3.20. The largest absolute Gasteiger partial charge is 0.497 e. The van der Waals surface area contributed by atoms with Crippen LogP contribution in [0.5, 0.6) is 11.5 Å². The van der Waals surface area contributed by atoms with Crippen molar-refractivity contribution >= 4 is 11.9 Å². The third-order valence-electron chi connectivity index (χ3n) is 5.01. The minimum Gasteiger partial charge on any atom is -0.497 e. The molecule has 0 aromatic heterocycles. The molecular weight excluding hydrogens is 365 g/mol. The van der Waals surface area contributed by atoms with Crippen molar-refractivity contribution in [2.75, 3.05) is 14.2 Å². The molecule has 1 aliphatic rings. The van der Waals surface area contributed by atoms with Gasteiger partial charge in [-0.1, -0.05) is 12.1 Å². The van der Waals surface area contributed by atoms with Crippen molar-refractivity contribution in [3.63, 3.8) is 0 Å². The van der Waals surface area contributed by atoms with Crippen LogP contribution in [0.1, 0.15) is 35.1 Å². The molecule has 3 rings (SSSR count). The van der Waals surface area contributed by atoms with Gasteiger partial charge in [-0.2, -0.15) is 0 Å². The van der Waals surface area contributed by atoms with Gasteiger partial charge in [0.15, 0.2) is 6.04 Å². The number of halogens is 1. The lowest BCUT2D eigenvalue weighted by atomic mass is 10.0. The minimum absolute atomic E-state index is 0.0746. The van der Waals surface area contributed by atoms with E-state index in [1.165, 1.54) is 18.2 Å². The van der Waals surface area contributed by atoms with E-state index in [0.717, 1.165) is 5.56 Å². The van der Waals surface area contributed by atoms with Gasteiger partial charge in [0.2, 0.25) is 5.91 Å². The van der Waals surface area contributed by atoms with E-state index in [-0.39, 0.29) is 17.7 Å². The maximum absolute atomic E-state index is 13.5. The number of aliphatic carboxylic acids is 1. The van der Waals surface area contributed by atoms with Gasteiger partial charge < -0.3 is 19.9 Å². The van der Waals surface area contributed by atoms with Crippen LogP contribution in [0.2, 0.25) is 0 Å². The van der Waals surface area contributed by atoms with Crippen molar-refractivity contribution in [3.05, 3.63) is 58.9 Å². The lowest BCUT2D eigenvalue weighted by Gasteiger charge is -2.16. The number of aryl methyl sites for hydroxylation is 1. The molecule has 3 atom stereocenters. The molecule has 1 fully saturated rings. The van der Waals surface area contributed by atoms with E-state index >= 15 is 0 Å². The van der Waals surface area contributed by atoms with E-state index in [0.29, 0.717) is 29.0 Å². The van der Waals surface area contributed by atoms with Gasteiger partial charge >= 0.3 is 5.97 Å². The standard InChI is InChI=1S/C21H22FNO5/c1-11-8-12(4-6-17(11)22)19(21(25)26)23-20(24)16-10-14(16)15-9-13(27-2)5-7-18(15)28-3/h4-9,14,16,19H,10H2,1-3H3,(H,23,24)(H,25,26). The summed E-state index contributed by atoms with van der Waals surface area (Å²) in [6.45, 7) is 1.55. The Hall–Kier alpha value is -3.09. The first-order valence-electron chi connectivity index (χ1n) is 8.86. The zero-order chi connectivity index (χ0) is 20.4. The zero-order valence-electron chi connectivity index (χ0n) is 15.9. The number of carboxylic acids is 1. The van der Waals surface area contributed by atoms with Gasteiger partial charge in [0.1, 0.15) is 17.3 Å². The van der Waals surface area contributed by atoms with Gasteiger partial charge in [-0.3, -0.25) is 4.79 Å². The summed E-state index contributed by atoms with van der Waals surface area (Å²) in [6.07, 6.45) is 0.587. The van der Waals surface area contributed by atoms with Crippen molar-refractivity contribution in [1.82, 2.24) is 5.32 Å². The molecule has 28 heavy (non-hydrogen) atoms. The van der Waals surface area contributed by atoms with Crippen LogP contribution in [0.25, 0.3) is 0 Å². The van der Waals surface area contributed by atoms with Crippen LogP contribution in [-0.4, -0.2) is 31.2 Å². The van der Waals surface area contributed by atoms with E-state index in [4.69, 9.17) is 9.47 Å². The Morgan fingerprint density at radius 1 is 1.18 bits per heavy atom. The third kappa shape index (κ3) is 3.93. The van der Waals surface area contributed by atoms with Gasteiger partial charge in [-0.25, -0.2) is 9.18 Å². The van der Waals surface area contributed by atoms with E-state index in [1.807, 2.05) is 6.07 Å². The SMILES string of the molecule is COc1ccc(OC)c(C2CC2C(=O)NC(C(=O)O)c2ccc(F)c(C)c2)c1. The van der Waals surface area contributed by atoms with E-state index in [9.17, 15) is 19.1 Å². The third-order valence-corrected chi connectivity index (χ3v) is 5.01. The van der Waals surface area contributed by atoms with Crippen LogP contribution in [-0.2, 0) is 9.59 Å². The molecule has 6 nitrogen and oxygen atoms in total. The van der Waals surface area contributed by atoms with Crippen LogP contribution in [0.4, 0.5) is 4.39 Å². The average molecular weight is 387 g/mol. The van der Waals surface area contributed by atoms with Gasteiger partial charge in [0, 0.05) is 17.4 Å². The van der Waals surface area contributed by atoms with Gasteiger partial charge in [-0.15, -0.1) is 0 Å². The van der Waals surface area contributed by atoms with Crippen LogP contribution in [0.3, 0.4) is 0 Å². The summed E-state index contributed by atoms with van der Waals surface area (Å²) in [5.74, 6) is -1.10. The van der Waals surface area contributed by atoms with Gasteiger partial charge in [0.25, 0.3) is 0 Å². The number of rotatable bonds is 7. The molecule has 0 heterocycles. The number of nitrogens with one attached hydrogen (secondary N) is 1. The number of hydrogen-bond donors (Lipinski definition) is 2. The number of hydrogen-bond acceptors (Lipinski definition) is 4. The number of carboxylic acid groups (broad SMARTS) is 1. The molecule has 0 radical (unpaired) electrons. The Balaban J connectivity index is 1.76. The van der Waals surface area contributed by atoms with E-state index in [1.54, 1.807) is 33.3 Å². The Bertz CT molecular complexity index is 914. The fourth-order valence-corrected chi connectivity index (χ4v) is 3.34. The molecule has 2 aromatic carbocycles. The molecule has 2 aromatic rings. The highest BCUT2D eigenvalue weighted by molar-refractivity contribution is 5.88. The molecule has 0 saturated heterocycles.